The fourth-order valence-electron chi connectivity index (χ4n) is 2.98. The molecule has 5 nitrogen and oxygen atoms in total. The molecule has 0 N–H and O–H groups in total. The molecule has 0 saturated carbocycles. The Bertz CT molecular complexity index is 563. The summed E-state index contributed by atoms with van der Waals surface area (Å²) < 4.78 is 7.78. The van der Waals surface area contributed by atoms with Gasteiger partial charge in [0.15, 0.2) is 0 Å². The Morgan fingerprint density at radius 2 is 2.14 bits per heavy atom. The maximum Gasteiger partial charge on any atom is 0.141 e. The summed E-state index contributed by atoms with van der Waals surface area (Å²) in [4.78, 5) is 6.83. The Hall–Kier alpha value is -1.72. The fraction of sp³-hybridized carbons (Fsp3) is 0.529. The van der Waals surface area contributed by atoms with Crippen LogP contribution in [0.25, 0.3) is 0 Å². The third kappa shape index (κ3) is 3.93. The van der Waals surface area contributed by atoms with Crippen LogP contribution in [0.15, 0.2) is 36.7 Å². The molecule has 0 amide bonds. The van der Waals surface area contributed by atoms with E-state index in [1.165, 1.54) is 12.0 Å². The van der Waals surface area contributed by atoms with Gasteiger partial charge in [-0.3, -0.25) is 4.90 Å². The van der Waals surface area contributed by atoms with Crippen molar-refractivity contribution in [3.05, 3.63) is 48.0 Å². The molecule has 1 aliphatic rings. The Balaban J connectivity index is 1.70. The third-order valence-electron chi connectivity index (χ3n) is 4.10. The molecule has 1 aromatic heterocycles. The van der Waals surface area contributed by atoms with Crippen LogP contribution >= 0.6 is 0 Å². The Kier molecular flexibility index (Phi) is 5.19. The molecule has 0 radical (unpaired) electrons. The van der Waals surface area contributed by atoms with Crippen molar-refractivity contribution in [2.45, 2.75) is 45.5 Å². The summed E-state index contributed by atoms with van der Waals surface area (Å²) in [6, 6.07) is 10.6. The van der Waals surface area contributed by atoms with Crippen LogP contribution in [-0.2, 0) is 24.4 Å². The summed E-state index contributed by atoms with van der Waals surface area (Å²) in [5, 5.41) is 4.27. The van der Waals surface area contributed by atoms with Gasteiger partial charge >= 0.3 is 0 Å². The van der Waals surface area contributed by atoms with E-state index in [1.54, 1.807) is 6.33 Å². The molecular formula is C17H24N4O. The van der Waals surface area contributed by atoms with Crippen molar-refractivity contribution in [2.75, 3.05) is 13.2 Å². The van der Waals surface area contributed by atoms with Gasteiger partial charge in [0.2, 0.25) is 0 Å². The highest BCUT2D eigenvalue weighted by atomic mass is 16.5. The molecule has 0 bridgehead atoms. The maximum atomic E-state index is 5.81. The topological polar surface area (TPSA) is 43.2 Å². The second-order valence-corrected chi connectivity index (χ2v) is 5.78. The van der Waals surface area contributed by atoms with Crippen molar-refractivity contribution in [1.29, 1.82) is 0 Å². The highest BCUT2D eigenvalue weighted by Gasteiger charge is 2.20. The molecule has 3 rings (SSSR count). The first kappa shape index (κ1) is 15.2. The van der Waals surface area contributed by atoms with Gasteiger partial charge in [0.05, 0.1) is 12.6 Å². The number of aryl methyl sites for hydroxylation is 1. The van der Waals surface area contributed by atoms with Gasteiger partial charge in [-0.05, 0) is 25.3 Å². The van der Waals surface area contributed by atoms with E-state index in [2.05, 4.69) is 52.2 Å². The van der Waals surface area contributed by atoms with Crippen molar-refractivity contribution in [2.24, 2.45) is 0 Å². The fourth-order valence-corrected chi connectivity index (χ4v) is 2.98. The van der Waals surface area contributed by atoms with Crippen LogP contribution in [0.4, 0.5) is 0 Å². The van der Waals surface area contributed by atoms with Crippen LogP contribution in [0.1, 0.15) is 31.2 Å². The van der Waals surface area contributed by atoms with Crippen LogP contribution in [0, 0.1) is 0 Å². The average molecular weight is 300 g/mol. The molecule has 1 aliphatic heterocycles. The minimum Gasteiger partial charge on any atom is -0.377 e. The van der Waals surface area contributed by atoms with Crippen molar-refractivity contribution in [1.82, 2.24) is 19.7 Å². The Morgan fingerprint density at radius 1 is 1.27 bits per heavy atom. The standard InChI is InChI=1S/C17H24N4O/c1-2-21-17(18-14-19-21)13-20(12-16-9-6-10-22-16)11-15-7-4-3-5-8-15/h3-5,7-8,14,16H,2,6,9-13H2,1H3/t16-/m0/s1. The van der Waals surface area contributed by atoms with Gasteiger partial charge in [0.1, 0.15) is 12.2 Å². The molecule has 1 aromatic carbocycles. The van der Waals surface area contributed by atoms with Crippen molar-refractivity contribution in [3.63, 3.8) is 0 Å². The second-order valence-electron chi connectivity index (χ2n) is 5.78. The van der Waals surface area contributed by atoms with Crippen LogP contribution in [0.3, 0.4) is 0 Å². The highest BCUT2D eigenvalue weighted by molar-refractivity contribution is 5.14. The lowest BCUT2D eigenvalue weighted by Crippen LogP contribution is -2.32. The van der Waals surface area contributed by atoms with Gasteiger partial charge in [-0.25, -0.2) is 9.67 Å². The minimum atomic E-state index is 0.349. The molecule has 1 fully saturated rings. The lowest BCUT2D eigenvalue weighted by Gasteiger charge is -2.25. The molecule has 0 unspecified atom stereocenters. The zero-order valence-electron chi connectivity index (χ0n) is 13.2. The quantitative estimate of drug-likeness (QED) is 0.788. The largest absolute Gasteiger partial charge is 0.377 e. The van der Waals surface area contributed by atoms with Crippen LogP contribution in [0.5, 0.6) is 0 Å². The normalized spacial score (nSPS) is 18.2. The van der Waals surface area contributed by atoms with E-state index < -0.39 is 0 Å². The van der Waals surface area contributed by atoms with E-state index in [-0.39, 0.29) is 0 Å². The van der Waals surface area contributed by atoms with Gasteiger partial charge in [0.25, 0.3) is 0 Å². The maximum absolute atomic E-state index is 5.81. The molecule has 2 aromatic rings. The lowest BCUT2D eigenvalue weighted by atomic mass is 10.2. The van der Waals surface area contributed by atoms with Gasteiger partial charge in [-0.2, -0.15) is 5.10 Å². The molecule has 2 heterocycles. The number of hydrogen-bond acceptors (Lipinski definition) is 4. The van der Waals surface area contributed by atoms with Crippen molar-refractivity contribution < 1.29 is 4.74 Å². The summed E-state index contributed by atoms with van der Waals surface area (Å²) in [6.07, 6.45) is 4.33. The van der Waals surface area contributed by atoms with Gasteiger partial charge in [-0.1, -0.05) is 30.3 Å². The number of benzene rings is 1. The zero-order chi connectivity index (χ0) is 15.2. The van der Waals surface area contributed by atoms with E-state index in [0.29, 0.717) is 6.10 Å². The molecule has 22 heavy (non-hydrogen) atoms. The third-order valence-corrected chi connectivity index (χ3v) is 4.10. The van der Waals surface area contributed by atoms with E-state index >= 15 is 0 Å². The zero-order valence-corrected chi connectivity index (χ0v) is 13.2. The second kappa shape index (κ2) is 7.51. The predicted molar refractivity (Wildman–Crippen MR) is 85.2 cm³/mol. The summed E-state index contributed by atoms with van der Waals surface area (Å²) in [5.74, 6) is 1.02. The Morgan fingerprint density at radius 3 is 2.86 bits per heavy atom. The number of ether oxygens (including phenoxy) is 1. The number of aromatic nitrogens is 3. The van der Waals surface area contributed by atoms with Crippen LogP contribution < -0.4 is 0 Å². The monoisotopic (exact) mass is 300 g/mol. The molecule has 118 valence electrons. The van der Waals surface area contributed by atoms with Gasteiger partial charge in [0, 0.05) is 26.2 Å². The SMILES string of the molecule is CCn1ncnc1CN(Cc1ccccc1)C[C@@H]1CCCO1. The molecule has 0 spiro atoms. The number of hydrogen-bond donors (Lipinski definition) is 0. The molecular weight excluding hydrogens is 276 g/mol. The first-order valence-electron chi connectivity index (χ1n) is 8.09. The van der Waals surface area contributed by atoms with E-state index in [0.717, 1.165) is 45.0 Å². The molecule has 0 aliphatic carbocycles. The van der Waals surface area contributed by atoms with Crippen LogP contribution in [-0.4, -0.2) is 38.9 Å². The molecule has 1 atom stereocenters. The van der Waals surface area contributed by atoms with E-state index in [4.69, 9.17) is 4.74 Å². The summed E-state index contributed by atoms with van der Waals surface area (Å²) >= 11 is 0. The first-order valence-corrected chi connectivity index (χ1v) is 8.09. The van der Waals surface area contributed by atoms with Crippen LogP contribution in [0.2, 0.25) is 0 Å². The van der Waals surface area contributed by atoms with Gasteiger partial charge < -0.3 is 4.74 Å². The minimum absolute atomic E-state index is 0.349. The Labute approximate surface area is 131 Å². The number of nitrogens with zero attached hydrogens (tertiary/aromatic N) is 4. The highest BCUT2D eigenvalue weighted by Crippen LogP contribution is 2.16. The van der Waals surface area contributed by atoms with Crippen molar-refractivity contribution in [3.8, 4) is 0 Å². The van der Waals surface area contributed by atoms with Crippen molar-refractivity contribution >= 4 is 0 Å². The number of rotatable bonds is 7. The predicted octanol–water partition coefficient (Wildman–Crippen LogP) is 2.48. The van der Waals surface area contributed by atoms with E-state index in [9.17, 15) is 0 Å². The molecule has 5 heteroatoms. The molecule has 1 saturated heterocycles. The summed E-state index contributed by atoms with van der Waals surface area (Å²) in [6.45, 7) is 6.52. The first-order chi connectivity index (χ1) is 10.8. The average Bonchev–Trinajstić information content (AvgIpc) is 3.20. The summed E-state index contributed by atoms with van der Waals surface area (Å²) in [7, 11) is 0. The van der Waals surface area contributed by atoms with Gasteiger partial charge in [-0.15, -0.1) is 0 Å². The van der Waals surface area contributed by atoms with E-state index in [1.807, 2.05) is 4.68 Å². The smallest absolute Gasteiger partial charge is 0.141 e. The summed E-state index contributed by atoms with van der Waals surface area (Å²) in [5.41, 5.74) is 1.32. The lowest BCUT2D eigenvalue weighted by molar-refractivity contribution is 0.0665.